The van der Waals surface area contributed by atoms with Crippen LogP contribution in [0.2, 0.25) is 0 Å². The van der Waals surface area contributed by atoms with Crippen molar-refractivity contribution in [3.8, 4) is 12.3 Å². The van der Waals surface area contributed by atoms with E-state index in [0.717, 1.165) is 6.07 Å². The van der Waals surface area contributed by atoms with E-state index in [-0.39, 0.29) is 10.6 Å². The molecule has 0 aliphatic heterocycles. The molecule has 1 atom stereocenters. The number of carboxylic acid groups (broad SMARTS) is 1. The molecule has 0 bridgehead atoms. The zero-order valence-electron chi connectivity index (χ0n) is 10.0. The lowest BCUT2D eigenvalue weighted by atomic mass is 10.4. The fourth-order valence-electron chi connectivity index (χ4n) is 1.41. The molecule has 0 saturated heterocycles. The molecule has 0 amide bonds. The van der Waals surface area contributed by atoms with Gasteiger partial charge in [0.1, 0.15) is 10.6 Å². The fourth-order valence-corrected chi connectivity index (χ4v) is 2.61. The number of nitrogens with one attached hydrogen (secondary N) is 1. The number of carboxylic acids is 1. The molecule has 1 heterocycles. The number of aromatic carboxylic acids is 1. The maximum absolute atomic E-state index is 11.9. The minimum atomic E-state index is -3.79. The molecular formula is C11H14N2O4S. The molecule has 7 heteroatoms. The highest BCUT2D eigenvalue weighted by Crippen LogP contribution is 2.15. The van der Waals surface area contributed by atoms with E-state index in [1.165, 1.54) is 17.7 Å². The quantitative estimate of drug-likeness (QED) is 0.763. The van der Waals surface area contributed by atoms with Gasteiger partial charge in [-0.05, 0) is 19.9 Å². The number of nitrogens with zero attached hydrogens (tertiary/aromatic N) is 1. The lowest BCUT2D eigenvalue weighted by Gasteiger charge is -2.06. The average molecular weight is 270 g/mol. The monoisotopic (exact) mass is 270 g/mol. The molecule has 1 rings (SSSR count). The summed E-state index contributed by atoms with van der Waals surface area (Å²) >= 11 is 0. The smallest absolute Gasteiger partial charge is 0.352 e. The van der Waals surface area contributed by atoms with E-state index >= 15 is 0 Å². The summed E-state index contributed by atoms with van der Waals surface area (Å²) in [5.74, 6) is 1.06. The van der Waals surface area contributed by atoms with Crippen molar-refractivity contribution in [3.05, 3.63) is 18.0 Å². The van der Waals surface area contributed by atoms with Crippen LogP contribution in [0.4, 0.5) is 0 Å². The van der Waals surface area contributed by atoms with Gasteiger partial charge in [-0.15, -0.1) is 6.42 Å². The highest BCUT2D eigenvalue weighted by molar-refractivity contribution is 7.89. The normalized spacial score (nSPS) is 12.9. The van der Waals surface area contributed by atoms with Crippen LogP contribution < -0.4 is 4.72 Å². The predicted octanol–water partition coefficient (Wildman–Crippen LogP) is 0.506. The first-order valence-electron chi connectivity index (χ1n) is 5.23. The van der Waals surface area contributed by atoms with Crippen LogP contribution in [0.1, 0.15) is 24.3 Å². The summed E-state index contributed by atoms with van der Waals surface area (Å²) in [5, 5.41) is 8.94. The number of rotatable bonds is 5. The summed E-state index contributed by atoms with van der Waals surface area (Å²) in [6.07, 6.45) is 6.36. The SMILES string of the molecule is C#CC(C)NS(=O)(=O)c1cc(C(=O)O)n(CC)c1. The van der Waals surface area contributed by atoms with Gasteiger partial charge in [0.25, 0.3) is 0 Å². The van der Waals surface area contributed by atoms with Crippen molar-refractivity contribution in [2.45, 2.75) is 31.3 Å². The maximum Gasteiger partial charge on any atom is 0.352 e. The summed E-state index contributed by atoms with van der Waals surface area (Å²) in [4.78, 5) is 10.8. The van der Waals surface area contributed by atoms with E-state index in [4.69, 9.17) is 11.5 Å². The first-order valence-corrected chi connectivity index (χ1v) is 6.72. The van der Waals surface area contributed by atoms with Crippen molar-refractivity contribution in [2.24, 2.45) is 0 Å². The molecule has 0 spiro atoms. The van der Waals surface area contributed by atoms with Crippen LogP contribution in [0.5, 0.6) is 0 Å². The molecule has 98 valence electrons. The van der Waals surface area contributed by atoms with E-state index in [2.05, 4.69) is 10.6 Å². The Morgan fingerprint density at radius 3 is 2.67 bits per heavy atom. The van der Waals surface area contributed by atoms with Gasteiger partial charge < -0.3 is 9.67 Å². The van der Waals surface area contributed by atoms with E-state index in [1.807, 2.05) is 0 Å². The Balaban J connectivity index is 3.19. The molecule has 1 unspecified atom stereocenters. The number of hydrogen-bond acceptors (Lipinski definition) is 3. The van der Waals surface area contributed by atoms with Crippen LogP contribution in [0.25, 0.3) is 0 Å². The number of hydrogen-bond donors (Lipinski definition) is 2. The number of sulfonamides is 1. The molecule has 18 heavy (non-hydrogen) atoms. The molecule has 1 aromatic rings. The molecule has 0 aromatic carbocycles. The van der Waals surface area contributed by atoms with Gasteiger partial charge in [0.15, 0.2) is 0 Å². The minimum Gasteiger partial charge on any atom is -0.477 e. The van der Waals surface area contributed by atoms with Crippen LogP contribution in [-0.2, 0) is 16.6 Å². The maximum atomic E-state index is 11.9. The molecule has 1 aromatic heterocycles. The third-order valence-electron chi connectivity index (χ3n) is 2.32. The van der Waals surface area contributed by atoms with Crippen molar-refractivity contribution < 1.29 is 18.3 Å². The zero-order chi connectivity index (χ0) is 13.9. The van der Waals surface area contributed by atoms with Gasteiger partial charge in [-0.1, -0.05) is 5.92 Å². The molecule has 2 N–H and O–H groups in total. The van der Waals surface area contributed by atoms with Gasteiger partial charge >= 0.3 is 5.97 Å². The highest BCUT2D eigenvalue weighted by Gasteiger charge is 2.21. The molecule has 0 saturated carbocycles. The van der Waals surface area contributed by atoms with Gasteiger partial charge in [-0.25, -0.2) is 13.2 Å². The number of terminal acetylenes is 1. The molecule has 0 aliphatic rings. The van der Waals surface area contributed by atoms with E-state index < -0.39 is 22.0 Å². The Morgan fingerprint density at radius 1 is 1.67 bits per heavy atom. The standard InChI is InChI=1S/C11H14N2O4S/c1-4-8(3)12-18(16,17)9-6-10(11(14)15)13(5-2)7-9/h1,6-8,12H,5H2,2-3H3,(H,14,15). The Bertz CT molecular complexity index is 595. The average Bonchev–Trinajstić information content (AvgIpc) is 2.73. The van der Waals surface area contributed by atoms with E-state index in [0.29, 0.717) is 6.54 Å². The van der Waals surface area contributed by atoms with Crippen molar-refractivity contribution in [1.82, 2.24) is 9.29 Å². The first-order chi connectivity index (χ1) is 8.31. The second-order valence-corrected chi connectivity index (χ2v) is 5.38. The van der Waals surface area contributed by atoms with Crippen molar-refractivity contribution in [1.29, 1.82) is 0 Å². The zero-order valence-corrected chi connectivity index (χ0v) is 10.9. The van der Waals surface area contributed by atoms with Crippen LogP contribution in [0.3, 0.4) is 0 Å². The molecule has 0 fully saturated rings. The van der Waals surface area contributed by atoms with E-state index in [1.54, 1.807) is 6.92 Å². The Kier molecular flexibility index (Phi) is 4.16. The van der Waals surface area contributed by atoms with Crippen LogP contribution in [0, 0.1) is 12.3 Å². The second-order valence-electron chi connectivity index (χ2n) is 3.66. The number of aryl methyl sites for hydroxylation is 1. The third-order valence-corrected chi connectivity index (χ3v) is 3.83. The largest absolute Gasteiger partial charge is 0.477 e. The summed E-state index contributed by atoms with van der Waals surface area (Å²) in [5.41, 5.74) is -0.0776. The number of carbonyl (C=O) groups is 1. The molecule has 6 nitrogen and oxygen atoms in total. The second kappa shape index (κ2) is 5.25. The lowest BCUT2D eigenvalue weighted by Crippen LogP contribution is -2.31. The van der Waals surface area contributed by atoms with Gasteiger partial charge in [0.05, 0.1) is 6.04 Å². The molecule has 0 aliphatic carbocycles. The first kappa shape index (κ1) is 14.3. The van der Waals surface area contributed by atoms with Gasteiger partial charge in [-0.2, -0.15) is 4.72 Å². The summed E-state index contributed by atoms with van der Waals surface area (Å²) < 4.78 is 27.4. The Hall–Kier alpha value is -1.78. The molecular weight excluding hydrogens is 256 g/mol. The summed E-state index contributed by atoms with van der Waals surface area (Å²) in [6.45, 7) is 3.61. The van der Waals surface area contributed by atoms with Crippen LogP contribution in [-0.4, -0.2) is 30.1 Å². The van der Waals surface area contributed by atoms with Gasteiger partial charge in [0.2, 0.25) is 10.0 Å². The van der Waals surface area contributed by atoms with Gasteiger partial charge in [-0.3, -0.25) is 0 Å². The van der Waals surface area contributed by atoms with E-state index in [9.17, 15) is 13.2 Å². The van der Waals surface area contributed by atoms with Crippen LogP contribution in [0.15, 0.2) is 17.2 Å². The van der Waals surface area contributed by atoms with Gasteiger partial charge in [0, 0.05) is 12.7 Å². The Labute approximate surface area is 106 Å². The van der Waals surface area contributed by atoms with Crippen molar-refractivity contribution in [2.75, 3.05) is 0 Å². The number of aromatic nitrogens is 1. The van der Waals surface area contributed by atoms with Crippen molar-refractivity contribution >= 4 is 16.0 Å². The highest BCUT2D eigenvalue weighted by atomic mass is 32.2. The minimum absolute atomic E-state index is 0.0776. The Morgan fingerprint density at radius 2 is 2.28 bits per heavy atom. The summed E-state index contributed by atoms with van der Waals surface area (Å²) in [7, 11) is -3.79. The summed E-state index contributed by atoms with van der Waals surface area (Å²) in [6, 6.07) is 0.450. The lowest BCUT2D eigenvalue weighted by molar-refractivity contribution is 0.0685. The van der Waals surface area contributed by atoms with Crippen LogP contribution >= 0.6 is 0 Å². The fraction of sp³-hybridized carbons (Fsp3) is 0.364. The third kappa shape index (κ3) is 2.91. The predicted molar refractivity (Wildman–Crippen MR) is 65.7 cm³/mol. The van der Waals surface area contributed by atoms with Crippen molar-refractivity contribution in [3.63, 3.8) is 0 Å². The molecule has 0 radical (unpaired) electrons. The topological polar surface area (TPSA) is 88.4 Å².